The molecule has 0 atom stereocenters. The minimum atomic E-state index is -0.415. The van der Waals surface area contributed by atoms with Crippen molar-refractivity contribution >= 4 is 5.78 Å². The highest BCUT2D eigenvalue weighted by molar-refractivity contribution is 6.09. The fourth-order valence-electron chi connectivity index (χ4n) is 1.98. The van der Waals surface area contributed by atoms with Crippen LogP contribution in [0.1, 0.15) is 32.6 Å². The molecule has 0 aliphatic heterocycles. The van der Waals surface area contributed by atoms with E-state index >= 15 is 0 Å². The highest BCUT2D eigenvalue weighted by Crippen LogP contribution is 2.19. The molecule has 2 aromatic carbocycles. The van der Waals surface area contributed by atoms with E-state index in [2.05, 4.69) is 0 Å². The summed E-state index contributed by atoms with van der Waals surface area (Å²) in [6.45, 7) is 4.85. The summed E-state index contributed by atoms with van der Waals surface area (Å²) in [7, 11) is 0. The summed E-state index contributed by atoms with van der Waals surface area (Å²) >= 11 is 0. The SMILES string of the molecule is Cc1ccc(C(=O)c2cc(C)c(F)c(C)c2)cc1F. The average Bonchev–Trinajstić information content (AvgIpc) is 2.37. The van der Waals surface area contributed by atoms with Gasteiger partial charge in [0.2, 0.25) is 0 Å². The molecule has 3 heteroatoms. The van der Waals surface area contributed by atoms with Crippen LogP contribution in [0.5, 0.6) is 0 Å². The number of hydrogen-bond acceptors (Lipinski definition) is 1. The summed E-state index contributed by atoms with van der Waals surface area (Å²) in [5, 5.41) is 0. The maximum atomic E-state index is 13.5. The standard InChI is InChI=1S/C16H14F2O/c1-9-4-5-12(8-14(9)17)16(19)13-6-10(2)15(18)11(3)7-13/h4-8H,1-3H3. The van der Waals surface area contributed by atoms with E-state index in [4.69, 9.17) is 0 Å². The lowest BCUT2D eigenvalue weighted by Crippen LogP contribution is -2.04. The molecule has 0 aromatic heterocycles. The van der Waals surface area contributed by atoms with Crippen LogP contribution in [0.15, 0.2) is 30.3 Å². The molecule has 0 N–H and O–H groups in total. The summed E-state index contributed by atoms with van der Waals surface area (Å²) < 4.78 is 27.0. The molecule has 2 aromatic rings. The average molecular weight is 260 g/mol. The molecule has 19 heavy (non-hydrogen) atoms. The first-order chi connectivity index (χ1) is 8.90. The van der Waals surface area contributed by atoms with Crippen molar-refractivity contribution in [3.8, 4) is 0 Å². The van der Waals surface area contributed by atoms with Crippen molar-refractivity contribution in [1.82, 2.24) is 0 Å². The minimum Gasteiger partial charge on any atom is -0.289 e. The van der Waals surface area contributed by atoms with Gasteiger partial charge in [-0.1, -0.05) is 12.1 Å². The van der Waals surface area contributed by atoms with Crippen LogP contribution in [0.2, 0.25) is 0 Å². The molecule has 2 rings (SSSR count). The van der Waals surface area contributed by atoms with Gasteiger partial charge in [0.05, 0.1) is 0 Å². The maximum absolute atomic E-state index is 13.5. The van der Waals surface area contributed by atoms with E-state index in [1.54, 1.807) is 32.9 Å². The van der Waals surface area contributed by atoms with Crippen LogP contribution in [0, 0.1) is 32.4 Å². The predicted octanol–water partition coefficient (Wildman–Crippen LogP) is 4.12. The Labute approximate surface area is 110 Å². The summed E-state index contributed by atoms with van der Waals surface area (Å²) in [4.78, 5) is 12.2. The van der Waals surface area contributed by atoms with Gasteiger partial charge in [-0.2, -0.15) is 0 Å². The second-order valence-electron chi connectivity index (χ2n) is 4.72. The monoisotopic (exact) mass is 260 g/mol. The summed E-state index contributed by atoms with van der Waals surface area (Å²) in [5.74, 6) is -1.03. The lowest BCUT2D eigenvalue weighted by Gasteiger charge is -2.07. The topological polar surface area (TPSA) is 17.1 Å². The van der Waals surface area contributed by atoms with Crippen molar-refractivity contribution in [3.63, 3.8) is 0 Å². The van der Waals surface area contributed by atoms with Crippen LogP contribution in [0.25, 0.3) is 0 Å². The highest BCUT2D eigenvalue weighted by atomic mass is 19.1. The predicted molar refractivity (Wildman–Crippen MR) is 70.4 cm³/mol. The largest absolute Gasteiger partial charge is 0.289 e. The van der Waals surface area contributed by atoms with Crippen molar-refractivity contribution in [2.24, 2.45) is 0 Å². The van der Waals surface area contributed by atoms with Crippen LogP contribution >= 0.6 is 0 Å². The van der Waals surface area contributed by atoms with Crippen LogP contribution < -0.4 is 0 Å². The van der Waals surface area contributed by atoms with E-state index in [1.807, 2.05) is 0 Å². The molecule has 0 saturated heterocycles. The fraction of sp³-hybridized carbons (Fsp3) is 0.188. The smallest absolute Gasteiger partial charge is 0.193 e. The molecular weight excluding hydrogens is 246 g/mol. The molecule has 1 nitrogen and oxygen atoms in total. The minimum absolute atomic E-state index is 0.272. The van der Waals surface area contributed by atoms with E-state index in [0.717, 1.165) is 0 Å². The number of hydrogen-bond donors (Lipinski definition) is 0. The van der Waals surface area contributed by atoms with Gasteiger partial charge < -0.3 is 0 Å². The molecule has 98 valence electrons. The number of ketones is 1. The van der Waals surface area contributed by atoms with Gasteiger partial charge in [-0.25, -0.2) is 8.78 Å². The Morgan fingerprint density at radius 1 is 0.842 bits per heavy atom. The van der Waals surface area contributed by atoms with E-state index in [1.165, 1.54) is 18.2 Å². The number of carbonyl (C=O) groups is 1. The molecule has 0 fully saturated rings. The fourth-order valence-corrected chi connectivity index (χ4v) is 1.98. The number of benzene rings is 2. The third kappa shape index (κ3) is 2.55. The van der Waals surface area contributed by atoms with Gasteiger partial charge in [0, 0.05) is 11.1 Å². The van der Waals surface area contributed by atoms with Gasteiger partial charge in [-0.05, 0) is 55.7 Å². The molecule has 0 unspecified atom stereocenters. The number of aryl methyl sites for hydroxylation is 3. The molecule has 0 radical (unpaired) electrons. The number of halogens is 2. The Bertz CT molecular complexity index is 637. The molecule has 0 spiro atoms. The zero-order valence-corrected chi connectivity index (χ0v) is 11.1. The van der Waals surface area contributed by atoms with Crippen LogP contribution in [0.4, 0.5) is 8.78 Å². The van der Waals surface area contributed by atoms with E-state index in [9.17, 15) is 13.6 Å². The molecule has 0 bridgehead atoms. The van der Waals surface area contributed by atoms with Crippen molar-refractivity contribution < 1.29 is 13.6 Å². The molecule has 0 aliphatic carbocycles. The Morgan fingerprint density at radius 3 is 1.95 bits per heavy atom. The Hall–Kier alpha value is -2.03. The number of carbonyl (C=O) groups excluding carboxylic acids is 1. The zero-order valence-electron chi connectivity index (χ0n) is 11.1. The first kappa shape index (κ1) is 13.4. The number of rotatable bonds is 2. The van der Waals surface area contributed by atoms with Gasteiger partial charge in [-0.3, -0.25) is 4.79 Å². The van der Waals surface area contributed by atoms with Crippen molar-refractivity contribution in [2.45, 2.75) is 20.8 Å². The molecule has 0 amide bonds. The van der Waals surface area contributed by atoms with Gasteiger partial charge in [0.25, 0.3) is 0 Å². The Balaban J connectivity index is 2.47. The van der Waals surface area contributed by atoms with Crippen LogP contribution in [-0.4, -0.2) is 5.78 Å². The van der Waals surface area contributed by atoms with E-state index in [-0.39, 0.29) is 17.2 Å². The van der Waals surface area contributed by atoms with Crippen molar-refractivity contribution in [1.29, 1.82) is 0 Å². The van der Waals surface area contributed by atoms with Crippen molar-refractivity contribution in [2.75, 3.05) is 0 Å². The quantitative estimate of drug-likeness (QED) is 0.742. The van der Waals surface area contributed by atoms with E-state index < -0.39 is 5.82 Å². The lowest BCUT2D eigenvalue weighted by molar-refractivity contribution is 0.103. The lowest BCUT2D eigenvalue weighted by atomic mass is 9.98. The Kier molecular flexibility index (Phi) is 3.47. The maximum Gasteiger partial charge on any atom is 0.193 e. The van der Waals surface area contributed by atoms with Gasteiger partial charge in [0.15, 0.2) is 5.78 Å². The van der Waals surface area contributed by atoms with Gasteiger partial charge >= 0.3 is 0 Å². The molecule has 0 heterocycles. The van der Waals surface area contributed by atoms with Crippen LogP contribution in [-0.2, 0) is 0 Å². The highest BCUT2D eigenvalue weighted by Gasteiger charge is 2.13. The first-order valence-corrected chi connectivity index (χ1v) is 5.97. The first-order valence-electron chi connectivity index (χ1n) is 5.97. The van der Waals surface area contributed by atoms with Crippen LogP contribution in [0.3, 0.4) is 0 Å². The molecular formula is C16H14F2O. The van der Waals surface area contributed by atoms with Crippen molar-refractivity contribution in [3.05, 3.63) is 69.8 Å². The summed E-state index contributed by atoms with van der Waals surface area (Å²) in [6.07, 6.45) is 0. The normalized spacial score (nSPS) is 10.6. The van der Waals surface area contributed by atoms with E-state index in [0.29, 0.717) is 22.3 Å². The second-order valence-corrected chi connectivity index (χ2v) is 4.72. The zero-order chi connectivity index (χ0) is 14.2. The second kappa shape index (κ2) is 4.92. The summed E-state index contributed by atoms with van der Waals surface area (Å²) in [5.41, 5.74) is 1.96. The third-order valence-corrected chi connectivity index (χ3v) is 3.13. The van der Waals surface area contributed by atoms with Gasteiger partial charge in [-0.15, -0.1) is 0 Å². The summed E-state index contributed by atoms with van der Waals surface area (Å²) in [6, 6.07) is 7.33. The third-order valence-electron chi connectivity index (χ3n) is 3.13. The molecule has 0 saturated carbocycles. The van der Waals surface area contributed by atoms with Gasteiger partial charge in [0.1, 0.15) is 11.6 Å². The molecule has 0 aliphatic rings. The Morgan fingerprint density at radius 2 is 1.42 bits per heavy atom.